The Morgan fingerprint density at radius 3 is 2.11 bits per heavy atom. The average Bonchev–Trinajstić information content (AvgIpc) is 1.84. The van der Waals surface area contributed by atoms with Crippen molar-refractivity contribution in [1.82, 2.24) is 10.2 Å². The molecule has 1 unspecified atom stereocenters. The number of rotatable bonds is 2. The molecule has 0 heterocycles. The number of hydrogen-bond donors (Lipinski definition) is 1. The zero-order valence-corrected chi connectivity index (χ0v) is 6.43. The number of nitrogens with zero attached hydrogens (tertiary/aromatic N) is 1. The van der Waals surface area contributed by atoms with Crippen LogP contribution in [-0.4, -0.2) is 38.0 Å². The molecular formula is C6H14N2O. The molecule has 1 atom stereocenters. The fraction of sp³-hybridized carbons (Fsp3) is 0.833. The monoisotopic (exact) mass is 130 g/mol. The van der Waals surface area contributed by atoms with Gasteiger partial charge in [0.15, 0.2) is 0 Å². The molecule has 0 aromatic rings. The van der Waals surface area contributed by atoms with Crippen molar-refractivity contribution < 1.29 is 4.79 Å². The molecule has 1 N–H and O–H groups in total. The molecule has 0 fully saturated rings. The number of carbonyl (C=O) groups is 1. The molecule has 0 saturated heterocycles. The predicted molar refractivity (Wildman–Crippen MR) is 37.2 cm³/mol. The van der Waals surface area contributed by atoms with E-state index in [0.717, 1.165) is 0 Å². The van der Waals surface area contributed by atoms with E-state index in [9.17, 15) is 4.79 Å². The van der Waals surface area contributed by atoms with Gasteiger partial charge in [-0.25, -0.2) is 0 Å². The fourth-order valence-corrected chi connectivity index (χ4v) is 0.511. The summed E-state index contributed by atoms with van der Waals surface area (Å²) < 4.78 is 0. The molecule has 0 radical (unpaired) electrons. The van der Waals surface area contributed by atoms with Gasteiger partial charge < -0.3 is 10.2 Å². The number of nitrogens with one attached hydrogen (secondary N) is 1. The van der Waals surface area contributed by atoms with Crippen molar-refractivity contribution in [2.24, 2.45) is 0 Å². The van der Waals surface area contributed by atoms with E-state index in [1.165, 1.54) is 0 Å². The van der Waals surface area contributed by atoms with E-state index in [1.54, 1.807) is 26.0 Å². The van der Waals surface area contributed by atoms with Crippen molar-refractivity contribution in [3.8, 4) is 0 Å². The number of hydrogen-bond acceptors (Lipinski definition) is 2. The van der Waals surface area contributed by atoms with Crippen LogP contribution in [0.2, 0.25) is 0 Å². The lowest BCUT2D eigenvalue weighted by molar-refractivity contribution is -0.130. The first-order chi connectivity index (χ1) is 4.09. The second kappa shape index (κ2) is 3.45. The Morgan fingerprint density at radius 2 is 2.00 bits per heavy atom. The molecule has 0 bridgehead atoms. The Morgan fingerprint density at radius 1 is 1.56 bits per heavy atom. The highest BCUT2D eigenvalue weighted by atomic mass is 16.2. The van der Waals surface area contributed by atoms with Crippen molar-refractivity contribution in [3.05, 3.63) is 0 Å². The second-order valence-electron chi connectivity index (χ2n) is 2.24. The zero-order valence-electron chi connectivity index (χ0n) is 6.43. The molecule has 3 heteroatoms. The minimum absolute atomic E-state index is 0.0694. The maximum absolute atomic E-state index is 10.9. The minimum atomic E-state index is -0.0694. The highest BCUT2D eigenvalue weighted by Crippen LogP contribution is 1.85. The van der Waals surface area contributed by atoms with Gasteiger partial charge in [-0.15, -0.1) is 0 Å². The van der Waals surface area contributed by atoms with E-state index in [1.807, 2.05) is 6.92 Å². The summed E-state index contributed by atoms with van der Waals surface area (Å²) in [5.41, 5.74) is 0. The molecule has 9 heavy (non-hydrogen) atoms. The van der Waals surface area contributed by atoms with E-state index in [0.29, 0.717) is 0 Å². The smallest absolute Gasteiger partial charge is 0.238 e. The summed E-state index contributed by atoms with van der Waals surface area (Å²) in [6.07, 6.45) is 0. The first kappa shape index (κ1) is 8.43. The summed E-state index contributed by atoms with van der Waals surface area (Å²) in [5, 5.41) is 2.85. The summed E-state index contributed by atoms with van der Waals surface area (Å²) >= 11 is 0. The first-order valence-corrected chi connectivity index (χ1v) is 2.98. The molecule has 0 aromatic carbocycles. The number of carbonyl (C=O) groups excluding carboxylic acids is 1. The fourth-order valence-electron chi connectivity index (χ4n) is 0.511. The van der Waals surface area contributed by atoms with Crippen molar-refractivity contribution in [1.29, 1.82) is 0 Å². The SMILES string of the molecule is CNC(C)C(=O)N(C)C. The summed E-state index contributed by atoms with van der Waals surface area (Å²) in [4.78, 5) is 12.5. The van der Waals surface area contributed by atoms with Crippen LogP contribution in [0.3, 0.4) is 0 Å². The standard InChI is InChI=1S/C6H14N2O/c1-5(7-2)6(9)8(3)4/h5,7H,1-4H3. The van der Waals surface area contributed by atoms with Crippen LogP contribution in [0.4, 0.5) is 0 Å². The second-order valence-corrected chi connectivity index (χ2v) is 2.24. The third-order valence-corrected chi connectivity index (χ3v) is 1.24. The van der Waals surface area contributed by atoms with Crippen LogP contribution in [0.15, 0.2) is 0 Å². The number of likely N-dealkylation sites (N-methyl/N-ethyl adjacent to an activating group) is 2. The lowest BCUT2D eigenvalue weighted by Crippen LogP contribution is -2.39. The average molecular weight is 130 g/mol. The van der Waals surface area contributed by atoms with Crippen LogP contribution in [0.5, 0.6) is 0 Å². The maximum atomic E-state index is 10.9. The van der Waals surface area contributed by atoms with Gasteiger partial charge >= 0.3 is 0 Å². The van der Waals surface area contributed by atoms with E-state index in [2.05, 4.69) is 5.32 Å². The molecule has 0 spiro atoms. The van der Waals surface area contributed by atoms with E-state index in [4.69, 9.17) is 0 Å². The van der Waals surface area contributed by atoms with Gasteiger partial charge in [0.1, 0.15) is 0 Å². The minimum Gasteiger partial charge on any atom is -0.347 e. The van der Waals surface area contributed by atoms with Gasteiger partial charge in [0, 0.05) is 14.1 Å². The molecule has 3 nitrogen and oxygen atoms in total. The Kier molecular flexibility index (Phi) is 3.24. The van der Waals surface area contributed by atoms with Gasteiger partial charge in [-0.3, -0.25) is 4.79 Å². The molecule has 0 saturated carbocycles. The van der Waals surface area contributed by atoms with Crippen LogP contribution in [0.25, 0.3) is 0 Å². The largest absolute Gasteiger partial charge is 0.347 e. The van der Waals surface area contributed by atoms with Crippen molar-refractivity contribution in [3.63, 3.8) is 0 Å². The summed E-state index contributed by atoms with van der Waals surface area (Å²) in [6, 6.07) is -0.0694. The maximum Gasteiger partial charge on any atom is 0.238 e. The Hall–Kier alpha value is -0.570. The molecule has 0 rings (SSSR count). The van der Waals surface area contributed by atoms with Gasteiger partial charge in [0.05, 0.1) is 6.04 Å². The molecule has 0 aliphatic heterocycles. The van der Waals surface area contributed by atoms with Crippen LogP contribution in [0.1, 0.15) is 6.92 Å². The third kappa shape index (κ3) is 2.46. The summed E-state index contributed by atoms with van der Waals surface area (Å²) in [7, 11) is 5.26. The Balaban J connectivity index is 3.73. The van der Waals surface area contributed by atoms with Gasteiger partial charge in [-0.1, -0.05) is 0 Å². The van der Waals surface area contributed by atoms with Gasteiger partial charge in [-0.05, 0) is 14.0 Å². The van der Waals surface area contributed by atoms with Gasteiger partial charge in [0.2, 0.25) is 5.91 Å². The van der Waals surface area contributed by atoms with Crippen LogP contribution >= 0.6 is 0 Å². The summed E-state index contributed by atoms with van der Waals surface area (Å²) in [5.74, 6) is 0.109. The quantitative estimate of drug-likeness (QED) is 0.555. The molecule has 0 aromatic heterocycles. The van der Waals surface area contributed by atoms with Gasteiger partial charge in [0.25, 0.3) is 0 Å². The number of amides is 1. The third-order valence-electron chi connectivity index (χ3n) is 1.24. The van der Waals surface area contributed by atoms with Crippen molar-refractivity contribution in [2.45, 2.75) is 13.0 Å². The predicted octanol–water partition coefficient (Wildman–Crippen LogP) is -0.317. The van der Waals surface area contributed by atoms with Crippen LogP contribution in [-0.2, 0) is 4.79 Å². The van der Waals surface area contributed by atoms with Crippen LogP contribution in [0, 0.1) is 0 Å². The Labute approximate surface area is 56.0 Å². The Bertz CT molecular complexity index is 101. The van der Waals surface area contributed by atoms with Crippen LogP contribution < -0.4 is 5.32 Å². The zero-order chi connectivity index (χ0) is 7.44. The van der Waals surface area contributed by atoms with E-state index >= 15 is 0 Å². The molecule has 0 aliphatic carbocycles. The molecule has 54 valence electrons. The normalized spacial score (nSPS) is 12.9. The van der Waals surface area contributed by atoms with Crippen molar-refractivity contribution >= 4 is 5.91 Å². The lowest BCUT2D eigenvalue weighted by Gasteiger charge is -2.15. The molecule has 0 aliphatic rings. The lowest BCUT2D eigenvalue weighted by atomic mass is 10.3. The highest BCUT2D eigenvalue weighted by molar-refractivity contribution is 5.80. The molecule has 1 amide bonds. The van der Waals surface area contributed by atoms with E-state index < -0.39 is 0 Å². The highest BCUT2D eigenvalue weighted by Gasteiger charge is 2.10. The topological polar surface area (TPSA) is 32.3 Å². The molecular weight excluding hydrogens is 116 g/mol. The van der Waals surface area contributed by atoms with Gasteiger partial charge in [-0.2, -0.15) is 0 Å². The summed E-state index contributed by atoms with van der Waals surface area (Å²) in [6.45, 7) is 1.84. The van der Waals surface area contributed by atoms with Crippen molar-refractivity contribution in [2.75, 3.05) is 21.1 Å². The first-order valence-electron chi connectivity index (χ1n) is 2.98. The van der Waals surface area contributed by atoms with E-state index in [-0.39, 0.29) is 11.9 Å².